The van der Waals surface area contributed by atoms with Crippen LogP contribution < -0.4 is 8.92 Å². The van der Waals surface area contributed by atoms with Crippen LogP contribution in [-0.2, 0) is 10.1 Å². The molecule has 0 N–H and O–H groups in total. The molecule has 0 saturated carbocycles. The van der Waals surface area contributed by atoms with Crippen molar-refractivity contribution < 1.29 is 17.3 Å². The summed E-state index contributed by atoms with van der Waals surface area (Å²) in [6.45, 7) is 2.38. The summed E-state index contributed by atoms with van der Waals surface area (Å²) in [5.41, 5.74) is 0. The van der Waals surface area contributed by atoms with E-state index in [2.05, 4.69) is 4.18 Å². The van der Waals surface area contributed by atoms with Gasteiger partial charge in [-0.1, -0.05) is 6.07 Å². The summed E-state index contributed by atoms with van der Waals surface area (Å²) in [7, 11) is -3.46. The van der Waals surface area contributed by atoms with E-state index in [4.69, 9.17) is 4.74 Å². The van der Waals surface area contributed by atoms with Crippen LogP contribution in [0.15, 0.2) is 24.3 Å². The zero-order valence-electron chi connectivity index (χ0n) is 8.06. The molecule has 0 saturated heterocycles. The van der Waals surface area contributed by atoms with Crippen LogP contribution in [0.5, 0.6) is 11.5 Å². The minimum Gasteiger partial charge on any atom is -0.494 e. The largest absolute Gasteiger partial charge is 0.494 e. The second-order valence-corrected chi connectivity index (χ2v) is 4.27. The van der Waals surface area contributed by atoms with Crippen LogP contribution in [0.4, 0.5) is 0 Å². The number of hydrogen-bond donors (Lipinski definition) is 0. The summed E-state index contributed by atoms with van der Waals surface area (Å²) >= 11 is 0. The molecule has 4 nitrogen and oxygen atoms in total. The van der Waals surface area contributed by atoms with Crippen molar-refractivity contribution in [3.05, 3.63) is 24.3 Å². The highest BCUT2D eigenvalue weighted by Crippen LogP contribution is 2.20. The molecule has 5 heteroatoms. The Kier molecular flexibility index (Phi) is 3.35. The first-order chi connectivity index (χ1) is 6.51. The molecular weight excluding hydrogens is 204 g/mol. The Hall–Kier alpha value is -1.23. The smallest absolute Gasteiger partial charge is 0.306 e. The van der Waals surface area contributed by atoms with Gasteiger partial charge in [0.25, 0.3) is 0 Å². The van der Waals surface area contributed by atoms with E-state index < -0.39 is 10.1 Å². The summed E-state index contributed by atoms with van der Waals surface area (Å²) in [5.74, 6) is 0.854. The minimum absolute atomic E-state index is 0.262. The molecule has 0 aromatic heterocycles. The molecule has 0 radical (unpaired) electrons. The lowest BCUT2D eigenvalue weighted by Gasteiger charge is -2.05. The topological polar surface area (TPSA) is 52.6 Å². The predicted molar refractivity (Wildman–Crippen MR) is 53.1 cm³/mol. The van der Waals surface area contributed by atoms with Crippen molar-refractivity contribution in [2.75, 3.05) is 12.9 Å². The van der Waals surface area contributed by atoms with Gasteiger partial charge in [0.1, 0.15) is 11.5 Å². The number of benzene rings is 1. The lowest BCUT2D eigenvalue weighted by molar-refractivity contribution is 0.339. The summed E-state index contributed by atoms with van der Waals surface area (Å²) in [6, 6.07) is 6.50. The normalized spacial score (nSPS) is 11.0. The Morgan fingerprint density at radius 2 is 1.93 bits per heavy atom. The fourth-order valence-electron chi connectivity index (χ4n) is 0.957. The van der Waals surface area contributed by atoms with E-state index in [0.717, 1.165) is 6.26 Å². The standard InChI is InChI=1S/C9H12O4S/c1-3-12-8-5-4-6-9(7-8)13-14(2,10)11/h4-7H,3H2,1-2H3. The summed E-state index contributed by atoms with van der Waals surface area (Å²) in [6.07, 6.45) is 1.00. The van der Waals surface area contributed by atoms with E-state index in [9.17, 15) is 8.42 Å². The average molecular weight is 216 g/mol. The van der Waals surface area contributed by atoms with E-state index in [1.807, 2.05) is 6.92 Å². The van der Waals surface area contributed by atoms with Gasteiger partial charge in [-0.2, -0.15) is 8.42 Å². The summed E-state index contributed by atoms with van der Waals surface area (Å²) < 4.78 is 31.5. The van der Waals surface area contributed by atoms with Gasteiger partial charge in [-0.3, -0.25) is 0 Å². The third-order valence-corrected chi connectivity index (χ3v) is 1.86. The molecule has 0 unspecified atom stereocenters. The third kappa shape index (κ3) is 3.66. The van der Waals surface area contributed by atoms with Crippen LogP contribution in [0.25, 0.3) is 0 Å². The first kappa shape index (κ1) is 10.8. The molecule has 0 fully saturated rings. The van der Waals surface area contributed by atoms with Gasteiger partial charge in [0.2, 0.25) is 0 Å². The SMILES string of the molecule is CCOc1cccc(OS(C)(=O)=O)c1. The molecule has 1 aromatic carbocycles. The fourth-order valence-corrected chi connectivity index (χ4v) is 1.41. The molecule has 14 heavy (non-hydrogen) atoms. The Bertz CT molecular complexity index is 397. The maximum absolute atomic E-state index is 10.8. The van der Waals surface area contributed by atoms with Crippen molar-refractivity contribution in [2.45, 2.75) is 6.92 Å². The first-order valence-corrected chi connectivity index (χ1v) is 5.95. The lowest BCUT2D eigenvalue weighted by Crippen LogP contribution is -2.05. The van der Waals surface area contributed by atoms with Gasteiger partial charge in [0.15, 0.2) is 0 Å². The van der Waals surface area contributed by atoms with Gasteiger partial charge in [-0.15, -0.1) is 0 Å². The van der Waals surface area contributed by atoms with Gasteiger partial charge >= 0.3 is 10.1 Å². The molecule has 0 aliphatic rings. The van der Waals surface area contributed by atoms with Crippen molar-refractivity contribution in [3.8, 4) is 11.5 Å². The number of hydrogen-bond acceptors (Lipinski definition) is 4. The van der Waals surface area contributed by atoms with Gasteiger partial charge in [-0.25, -0.2) is 0 Å². The molecule has 0 bridgehead atoms. The second kappa shape index (κ2) is 4.32. The molecule has 0 aliphatic carbocycles. The average Bonchev–Trinajstić information content (AvgIpc) is 2.02. The second-order valence-electron chi connectivity index (χ2n) is 2.70. The first-order valence-electron chi connectivity index (χ1n) is 4.13. The Morgan fingerprint density at radius 1 is 1.29 bits per heavy atom. The van der Waals surface area contributed by atoms with Crippen molar-refractivity contribution in [2.24, 2.45) is 0 Å². The van der Waals surface area contributed by atoms with E-state index in [1.54, 1.807) is 18.2 Å². The third-order valence-electron chi connectivity index (χ3n) is 1.36. The maximum Gasteiger partial charge on any atom is 0.306 e. The van der Waals surface area contributed by atoms with Crippen molar-refractivity contribution in [1.29, 1.82) is 0 Å². The molecule has 78 valence electrons. The Balaban J connectivity index is 2.83. The van der Waals surface area contributed by atoms with Crippen molar-refractivity contribution >= 4 is 10.1 Å². The van der Waals surface area contributed by atoms with E-state index in [0.29, 0.717) is 12.4 Å². The molecule has 1 aromatic rings. The predicted octanol–water partition coefficient (Wildman–Crippen LogP) is 1.42. The van der Waals surface area contributed by atoms with Crippen LogP contribution in [-0.4, -0.2) is 21.3 Å². The van der Waals surface area contributed by atoms with E-state index in [-0.39, 0.29) is 5.75 Å². The molecule has 0 amide bonds. The molecule has 0 heterocycles. The Morgan fingerprint density at radius 3 is 2.50 bits per heavy atom. The van der Waals surface area contributed by atoms with Gasteiger partial charge in [-0.05, 0) is 19.1 Å². The van der Waals surface area contributed by atoms with E-state index in [1.165, 1.54) is 6.07 Å². The molecular formula is C9H12O4S. The zero-order chi connectivity index (χ0) is 10.6. The quantitative estimate of drug-likeness (QED) is 0.714. The van der Waals surface area contributed by atoms with Gasteiger partial charge < -0.3 is 8.92 Å². The highest BCUT2D eigenvalue weighted by atomic mass is 32.2. The van der Waals surface area contributed by atoms with Crippen LogP contribution >= 0.6 is 0 Å². The molecule has 0 aliphatic heterocycles. The molecule has 0 spiro atoms. The molecule has 0 atom stereocenters. The monoisotopic (exact) mass is 216 g/mol. The van der Waals surface area contributed by atoms with Crippen molar-refractivity contribution in [3.63, 3.8) is 0 Å². The van der Waals surface area contributed by atoms with Crippen LogP contribution in [0.3, 0.4) is 0 Å². The summed E-state index contributed by atoms with van der Waals surface area (Å²) in [4.78, 5) is 0. The minimum atomic E-state index is -3.46. The highest BCUT2D eigenvalue weighted by Gasteiger charge is 2.04. The van der Waals surface area contributed by atoms with Crippen LogP contribution in [0.1, 0.15) is 6.92 Å². The molecule has 1 rings (SSSR count). The lowest BCUT2D eigenvalue weighted by atomic mass is 10.3. The summed E-state index contributed by atoms with van der Waals surface area (Å²) in [5, 5.41) is 0. The van der Waals surface area contributed by atoms with Crippen LogP contribution in [0, 0.1) is 0 Å². The number of ether oxygens (including phenoxy) is 1. The van der Waals surface area contributed by atoms with Crippen molar-refractivity contribution in [1.82, 2.24) is 0 Å². The maximum atomic E-state index is 10.8. The zero-order valence-corrected chi connectivity index (χ0v) is 8.87. The van der Waals surface area contributed by atoms with E-state index >= 15 is 0 Å². The fraction of sp³-hybridized carbons (Fsp3) is 0.333. The Labute approximate surface area is 83.6 Å². The number of rotatable bonds is 4. The van der Waals surface area contributed by atoms with Gasteiger partial charge in [0, 0.05) is 6.07 Å². The highest BCUT2D eigenvalue weighted by molar-refractivity contribution is 7.86. The van der Waals surface area contributed by atoms with Gasteiger partial charge in [0.05, 0.1) is 12.9 Å². The van der Waals surface area contributed by atoms with Crippen LogP contribution in [0.2, 0.25) is 0 Å².